The van der Waals surface area contributed by atoms with Crippen molar-refractivity contribution in [3.05, 3.63) is 0 Å². The van der Waals surface area contributed by atoms with E-state index in [1.807, 2.05) is 0 Å². The highest BCUT2D eigenvalue weighted by Gasteiger charge is 2.22. The number of rotatable bonds is 3. The Kier molecular flexibility index (Phi) is 6.15. The molecule has 0 heterocycles. The zero-order valence-corrected chi connectivity index (χ0v) is 11.4. The molecule has 50 valence electrons. The molecule has 0 saturated heterocycles. The second kappa shape index (κ2) is 4.86. The summed E-state index contributed by atoms with van der Waals surface area (Å²) in [5.74, 6) is 0. The topological polar surface area (TPSA) is 9.23 Å². The molecule has 8 heavy (non-hydrogen) atoms. The first-order chi connectivity index (χ1) is 3.56. The zero-order chi connectivity index (χ0) is 6.62. The maximum atomic E-state index is 5.41. The van der Waals surface area contributed by atoms with Crippen LogP contribution >= 0.6 is 58.9 Å². The fourth-order valence-corrected chi connectivity index (χ4v) is 2.46. The van der Waals surface area contributed by atoms with Gasteiger partial charge in [-0.25, -0.2) is 0 Å². The summed E-state index contributed by atoms with van der Waals surface area (Å²) in [6, 6.07) is 0. The van der Waals surface area contributed by atoms with Crippen LogP contribution in [-0.2, 0) is 4.43 Å². The minimum atomic E-state index is -1.43. The van der Waals surface area contributed by atoms with Gasteiger partial charge in [-0.15, -0.1) is 0 Å². The van der Waals surface area contributed by atoms with Crippen LogP contribution in [0.15, 0.2) is 0 Å². The second-order valence-electron chi connectivity index (χ2n) is 1.29. The average molecular weight is 421 g/mol. The zero-order valence-electron chi connectivity index (χ0n) is 4.46. The molecule has 0 aromatic heterocycles. The maximum absolute atomic E-state index is 5.41. The van der Waals surface area contributed by atoms with Gasteiger partial charge in [-0.1, -0.05) is 65.8 Å². The van der Waals surface area contributed by atoms with Crippen molar-refractivity contribution in [2.24, 2.45) is 0 Å². The Morgan fingerprint density at radius 1 is 1.62 bits per heavy atom. The summed E-state index contributed by atoms with van der Waals surface area (Å²) >= 11 is 8.11. The van der Waals surface area contributed by atoms with Crippen LogP contribution in [0.25, 0.3) is 0 Å². The van der Waals surface area contributed by atoms with Gasteiger partial charge in [-0.2, -0.15) is 0 Å². The molecule has 0 aromatic rings. The van der Waals surface area contributed by atoms with Crippen LogP contribution in [0.1, 0.15) is 13.3 Å². The smallest absolute Gasteiger partial charge is 0.392 e. The van der Waals surface area contributed by atoms with Crippen LogP contribution in [0, 0.1) is 0 Å². The van der Waals surface area contributed by atoms with Crippen molar-refractivity contribution in [2.45, 2.75) is 13.3 Å². The second-order valence-corrected chi connectivity index (χ2v) is 30.0. The first kappa shape index (κ1) is 10.1. The van der Waals surface area contributed by atoms with Crippen LogP contribution < -0.4 is 0 Å². The first-order valence-electron chi connectivity index (χ1n) is 2.27. The molecule has 0 saturated carbocycles. The summed E-state index contributed by atoms with van der Waals surface area (Å²) in [6.07, 6.45) is 1.10. The number of halogens is 3. The van der Waals surface area contributed by atoms with Crippen LogP contribution in [0.5, 0.6) is 0 Å². The molecule has 0 unspecified atom stereocenters. The van der Waals surface area contributed by atoms with Gasteiger partial charge >= 0.3 is 1.93 Å². The Balaban J connectivity index is 3.11. The molecule has 0 amide bonds. The SMILES string of the molecule is CCCO[Si](Br)(I)I. The molecule has 0 spiro atoms. The fraction of sp³-hybridized carbons (Fsp3) is 1.00. The van der Waals surface area contributed by atoms with E-state index < -0.39 is 1.93 Å². The first-order valence-corrected chi connectivity index (χ1v) is 12.7. The Hall–Kier alpha value is 2.12. The quantitative estimate of drug-likeness (QED) is 0.387. The summed E-state index contributed by atoms with van der Waals surface area (Å²) in [5, 5.41) is 0. The normalized spacial score (nSPS) is 12.0. The van der Waals surface area contributed by atoms with Crippen LogP contribution in [0.3, 0.4) is 0 Å². The van der Waals surface area contributed by atoms with Crippen molar-refractivity contribution in [2.75, 3.05) is 6.61 Å². The van der Waals surface area contributed by atoms with Crippen molar-refractivity contribution >= 4 is 60.8 Å². The standard InChI is InChI=1S/C3H7BrI2OSi/c1-2-3-7-8(4,5)6/h2-3H2,1H3. The van der Waals surface area contributed by atoms with Crippen molar-refractivity contribution in [1.82, 2.24) is 0 Å². The molecule has 0 atom stereocenters. The molecule has 0 radical (unpaired) electrons. The molecule has 1 nitrogen and oxygen atoms in total. The Morgan fingerprint density at radius 2 is 2.12 bits per heavy atom. The van der Waals surface area contributed by atoms with Crippen molar-refractivity contribution < 1.29 is 4.43 Å². The largest absolute Gasteiger partial charge is 0.397 e. The lowest BCUT2D eigenvalue weighted by atomic mass is 10.5. The highest BCUT2D eigenvalue weighted by atomic mass is 127. The van der Waals surface area contributed by atoms with Gasteiger partial charge < -0.3 is 4.43 Å². The van der Waals surface area contributed by atoms with E-state index in [1.54, 1.807) is 0 Å². The predicted octanol–water partition coefficient (Wildman–Crippen LogP) is 3.11. The number of hydrogen-bond acceptors (Lipinski definition) is 1. The lowest BCUT2D eigenvalue weighted by Crippen LogP contribution is -2.13. The molecule has 0 aliphatic heterocycles. The van der Waals surface area contributed by atoms with E-state index in [4.69, 9.17) is 4.43 Å². The van der Waals surface area contributed by atoms with Crippen LogP contribution in [0.2, 0.25) is 0 Å². The average Bonchev–Trinajstić information content (AvgIpc) is 1.59. The van der Waals surface area contributed by atoms with Crippen molar-refractivity contribution in [3.8, 4) is 0 Å². The van der Waals surface area contributed by atoms with Crippen LogP contribution in [-0.4, -0.2) is 8.54 Å². The van der Waals surface area contributed by atoms with E-state index in [9.17, 15) is 0 Å². The molecular weight excluding hydrogens is 414 g/mol. The van der Waals surface area contributed by atoms with Gasteiger partial charge in [0.1, 0.15) is 0 Å². The third kappa shape index (κ3) is 8.12. The molecule has 0 aliphatic rings. The van der Waals surface area contributed by atoms with Crippen molar-refractivity contribution in [3.63, 3.8) is 0 Å². The molecule has 0 N–H and O–H groups in total. The third-order valence-corrected chi connectivity index (χ3v) is 3.56. The molecule has 5 heteroatoms. The van der Waals surface area contributed by atoms with E-state index >= 15 is 0 Å². The van der Waals surface area contributed by atoms with Gasteiger partial charge in [-0.3, -0.25) is 0 Å². The van der Waals surface area contributed by atoms with E-state index in [-0.39, 0.29) is 0 Å². The molecule has 0 aromatic carbocycles. The third-order valence-electron chi connectivity index (χ3n) is 0.470. The van der Waals surface area contributed by atoms with Gasteiger partial charge in [0, 0.05) is 6.61 Å². The van der Waals surface area contributed by atoms with Gasteiger partial charge in [0.05, 0.1) is 0 Å². The fourth-order valence-electron chi connectivity index (χ4n) is 0.218. The molecule has 0 aliphatic carbocycles. The Bertz CT molecular complexity index is 64.8. The van der Waals surface area contributed by atoms with E-state index in [0.717, 1.165) is 13.0 Å². The summed E-state index contributed by atoms with van der Waals surface area (Å²) in [6.45, 7) is 2.99. The molecule has 0 fully saturated rings. The summed E-state index contributed by atoms with van der Waals surface area (Å²) in [7, 11) is 0. The Labute approximate surface area is 84.1 Å². The van der Waals surface area contributed by atoms with E-state index in [1.165, 1.54) is 0 Å². The minimum absolute atomic E-state index is 0.878. The lowest BCUT2D eigenvalue weighted by Gasteiger charge is -2.08. The van der Waals surface area contributed by atoms with Gasteiger partial charge in [0.15, 0.2) is 0 Å². The molecule has 0 rings (SSSR count). The van der Waals surface area contributed by atoms with Crippen molar-refractivity contribution in [1.29, 1.82) is 0 Å². The van der Waals surface area contributed by atoms with Gasteiger partial charge in [0.2, 0.25) is 0 Å². The molecular formula is C3H7BrI2OSi. The lowest BCUT2D eigenvalue weighted by molar-refractivity contribution is 0.342. The summed E-state index contributed by atoms with van der Waals surface area (Å²) < 4.78 is 3.98. The maximum Gasteiger partial charge on any atom is 0.397 e. The highest BCUT2D eigenvalue weighted by molar-refractivity contribution is 14.3. The number of hydrogen-bond donors (Lipinski definition) is 0. The van der Waals surface area contributed by atoms with E-state index in [0.29, 0.717) is 0 Å². The monoisotopic (exact) mass is 420 g/mol. The van der Waals surface area contributed by atoms with E-state index in [2.05, 4.69) is 65.8 Å². The van der Waals surface area contributed by atoms with Gasteiger partial charge in [-0.05, 0) is 6.42 Å². The summed E-state index contributed by atoms with van der Waals surface area (Å²) in [4.78, 5) is 0. The van der Waals surface area contributed by atoms with Gasteiger partial charge in [0.25, 0.3) is 0 Å². The minimum Gasteiger partial charge on any atom is -0.392 e. The molecule has 0 bridgehead atoms. The Morgan fingerprint density at radius 3 is 2.25 bits per heavy atom. The van der Waals surface area contributed by atoms with Crippen LogP contribution in [0.4, 0.5) is 0 Å². The predicted molar refractivity (Wildman–Crippen MR) is 59.0 cm³/mol. The highest BCUT2D eigenvalue weighted by Crippen LogP contribution is 2.29. The summed E-state index contributed by atoms with van der Waals surface area (Å²) in [5.41, 5.74) is 0.